The van der Waals surface area contributed by atoms with E-state index in [1.54, 1.807) is 30.1 Å². The first kappa shape index (κ1) is 15.7. The molecule has 0 spiro atoms. The van der Waals surface area contributed by atoms with Crippen molar-refractivity contribution >= 4 is 22.6 Å². The molecular formula is C18H15IN2O2. The Kier molecular flexibility index (Phi) is 4.76. The van der Waals surface area contributed by atoms with Crippen molar-refractivity contribution in [1.82, 2.24) is 9.55 Å². The first-order valence-electron chi connectivity index (χ1n) is 7.10. The third-order valence-corrected chi connectivity index (χ3v) is 4.11. The van der Waals surface area contributed by atoms with Crippen molar-refractivity contribution in [3.8, 4) is 16.9 Å². The molecule has 2 aromatic heterocycles. The van der Waals surface area contributed by atoms with Gasteiger partial charge >= 0.3 is 0 Å². The summed E-state index contributed by atoms with van der Waals surface area (Å²) in [7, 11) is 1.64. The van der Waals surface area contributed by atoms with E-state index in [4.69, 9.17) is 4.74 Å². The zero-order valence-electron chi connectivity index (χ0n) is 12.6. The Hall–Kier alpha value is -2.15. The van der Waals surface area contributed by atoms with Gasteiger partial charge in [0.05, 0.1) is 13.7 Å². The van der Waals surface area contributed by atoms with Crippen LogP contribution in [0.2, 0.25) is 0 Å². The highest BCUT2D eigenvalue weighted by Crippen LogP contribution is 2.21. The van der Waals surface area contributed by atoms with Crippen LogP contribution in [0.15, 0.2) is 65.8 Å². The van der Waals surface area contributed by atoms with Crippen molar-refractivity contribution < 1.29 is 4.74 Å². The minimum absolute atomic E-state index is 0.0267. The van der Waals surface area contributed by atoms with Gasteiger partial charge in [-0.25, -0.2) is 0 Å². The molecule has 3 rings (SSSR count). The molecule has 0 bridgehead atoms. The lowest BCUT2D eigenvalue weighted by Gasteiger charge is -2.09. The molecular weight excluding hydrogens is 403 g/mol. The second-order valence-electron chi connectivity index (χ2n) is 5.12. The Morgan fingerprint density at radius 2 is 1.83 bits per heavy atom. The van der Waals surface area contributed by atoms with Crippen LogP contribution in [-0.4, -0.2) is 16.7 Å². The highest BCUT2D eigenvalue weighted by Gasteiger charge is 2.04. The van der Waals surface area contributed by atoms with Gasteiger partial charge in [0.25, 0.3) is 5.56 Å². The average Bonchev–Trinajstić information content (AvgIpc) is 2.57. The number of hydrogen-bond donors (Lipinski definition) is 0. The molecule has 0 atom stereocenters. The fraction of sp³-hybridized carbons (Fsp3) is 0.111. The summed E-state index contributed by atoms with van der Waals surface area (Å²) in [5.74, 6) is 0.812. The van der Waals surface area contributed by atoms with Gasteiger partial charge in [-0.15, -0.1) is 0 Å². The molecule has 23 heavy (non-hydrogen) atoms. The molecule has 0 amide bonds. The van der Waals surface area contributed by atoms with E-state index in [1.165, 1.54) is 0 Å². The number of pyridine rings is 2. The lowest BCUT2D eigenvalue weighted by atomic mass is 10.1. The van der Waals surface area contributed by atoms with Gasteiger partial charge in [0.1, 0.15) is 5.75 Å². The molecule has 0 saturated heterocycles. The zero-order chi connectivity index (χ0) is 16.2. The van der Waals surface area contributed by atoms with Gasteiger partial charge < -0.3 is 9.30 Å². The number of halogens is 1. The second kappa shape index (κ2) is 6.95. The van der Waals surface area contributed by atoms with Crippen molar-refractivity contribution in [1.29, 1.82) is 0 Å². The summed E-state index contributed by atoms with van der Waals surface area (Å²) in [6, 6.07) is 13.3. The molecule has 0 radical (unpaired) electrons. The van der Waals surface area contributed by atoms with Crippen LogP contribution in [0.4, 0.5) is 0 Å². The van der Waals surface area contributed by atoms with E-state index >= 15 is 0 Å². The number of nitrogens with zero attached hydrogens (tertiary/aromatic N) is 2. The van der Waals surface area contributed by atoms with Gasteiger partial charge in [-0.05, 0) is 63.5 Å². The SMILES string of the molecule is COc1ccc(-c2ccc(=O)n(Cc3cncc(I)c3)c2)cc1. The molecule has 3 aromatic rings. The van der Waals surface area contributed by atoms with Crippen LogP contribution in [-0.2, 0) is 6.54 Å². The standard InChI is InChI=1S/C18H15IN2O2/c1-23-17-5-2-14(3-6-17)15-4-7-18(22)21(12-15)11-13-8-16(19)10-20-9-13/h2-10,12H,11H2,1H3. The van der Waals surface area contributed by atoms with Crippen LogP contribution >= 0.6 is 22.6 Å². The lowest BCUT2D eigenvalue weighted by molar-refractivity contribution is 0.415. The van der Waals surface area contributed by atoms with E-state index in [0.717, 1.165) is 26.0 Å². The number of hydrogen-bond acceptors (Lipinski definition) is 3. The highest BCUT2D eigenvalue weighted by molar-refractivity contribution is 14.1. The summed E-state index contributed by atoms with van der Waals surface area (Å²) >= 11 is 2.22. The van der Waals surface area contributed by atoms with Crippen LogP contribution in [0, 0.1) is 3.57 Å². The third-order valence-electron chi connectivity index (χ3n) is 3.52. The van der Waals surface area contributed by atoms with Crippen LogP contribution in [0.1, 0.15) is 5.56 Å². The maximum atomic E-state index is 12.1. The fourth-order valence-electron chi connectivity index (χ4n) is 2.35. The maximum Gasteiger partial charge on any atom is 0.250 e. The molecule has 0 aliphatic carbocycles. The van der Waals surface area contributed by atoms with E-state index in [1.807, 2.05) is 42.6 Å². The number of benzene rings is 1. The minimum atomic E-state index is -0.0267. The number of methoxy groups -OCH3 is 1. The molecule has 0 saturated carbocycles. The molecule has 5 heteroatoms. The van der Waals surface area contributed by atoms with Crippen LogP contribution in [0.3, 0.4) is 0 Å². The lowest BCUT2D eigenvalue weighted by Crippen LogP contribution is -2.19. The number of aromatic nitrogens is 2. The van der Waals surface area contributed by atoms with E-state index in [-0.39, 0.29) is 5.56 Å². The molecule has 0 aliphatic heterocycles. The first-order valence-corrected chi connectivity index (χ1v) is 8.18. The predicted molar refractivity (Wildman–Crippen MR) is 98.7 cm³/mol. The fourth-order valence-corrected chi connectivity index (χ4v) is 2.91. The summed E-state index contributed by atoms with van der Waals surface area (Å²) in [4.78, 5) is 16.3. The molecule has 0 fully saturated rings. The highest BCUT2D eigenvalue weighted by atomic mass is 127. The minimum Gasteiger partial charge on any atom is -0.497 e. The molecule has 0 N–H and O–H groups in total. The zero-order valence-corrected chi connectivity index (χ0v) is 14.7. The van der Waals surface area contributed by atoms with Crippen LogP contribution < -0.4 is 10.3 Å². The van der Waals surface area contributed by atoms with Crippen molar-refractivity contribution in [3.63, 3.8) is 0 Å². The van der Waals surface area contributed by atoms with Gasteiger partial charge in [0.2, 0.25) is 0 Å². The van der Waals surface area contributed by atoms with Gasteiger partial charge in [-0.3, -0.25) is 9.78 Å². The summed E-state index contributed by atoms with van der Waals surface area (Å²) < 4.78 is 7.93. The monoisotopic (exact) mass is 418 g/mol. The second-order valence-corrected chi connectivity index (χ2v) is 6.37. The Morgan fingerprint density at radius 3 is 2.52 bits per heavy atom. The van der Waals surface area contributed by atoms with Crippen molar-refractivity contribution in [3.05, 3.63) is 80.5 Å². The van der Waals surface area contributed by atoms with Crippen molar-refractivity contribution in [2.45, 2.75) is 6.54 Å². The number of rotatable bonds is 4. The average molecular weight is 418 g/mol. The van der Waals surface area contributed by atoms with Crippen LogP contribution in [0.25, 0.3) is 11.1 Å². The Bertz CT molecular complexity index is 873. The maximum absolute atomic E-state index is 12.1. The molecule has 4 nitrogen and oxygen atoms in total. The third kappa shape index (κ3) is 3.79. The molecule has 1 aromatic carbocycles. The largest absolute Gasteiger partial charge is 0.497 e. The van der Waals surface area contributed by atoms with E-state index in [9.17, 15) is 4.79 Å². The summed E-state index contributed by atoms with van der Waals surface area (Å²) in [6.07, 6.45) is 5.46. The Balaban J connectivity index is 1.93. The molecule has 2 heterocycles. The quantitative estimate of drug-likeness (QED) is 0.609. The van der Waals surface area contributed by atoms with Gasteiger partial charge in [-0.1, -0.05) is 12.1 Å². The summed E-state index contributed by atoms with van der Waals surface area (Å²) in [5, 5.41) is 0. The summed E-state index contributed by atoms with van der Waals surface area (Å²) in [6.45, 7) is 0.507. The molecule has 116 valence electrons. The van der Waals surface area contributed by atoms with Crippen molar-refractivity contribution in [2.24, 2.45) is 0 Å². The first-order chi connectivity index (χ1) is 11.2. The molecule has 0 aliphatic rings. The van der Waals surface area contributed by atoms with Crippen molar-refractivity contribution in [2.75, 3.05) is 7.11 Å². The smallest absolute Gasteiger partial charge is 0.250 e. The number of ether oxygens (including phenoxy) is 1. The van der Waals surface area contributed by atoms with E-state index < -0.39 is 0 Å². The van der Waals surface area contributed by atoms with E-state index in [2.05, 4.69) is 27.6 Å². The van der Waals surface area contributed by atoms with E-state index in [0.29, 0.717) is 6.54 Å². The van der Waals surface area contributed by atoms with Crippen LogP contribution in [0.5, 0.6) is 5.75 Å². The predicted octanol–water partition coefficient (Wildman–Crippen LogP) is 3.57. The Labute approximate surface area is 147 Å². The summed E-state index contributed by atoms with van der Waals surface area (Å²) in [5.41, 5.74) is 3.01. The Morgan fingerprint density at radius 1 is 1.09 bits per heavy atom. The van der Waals surface area contributed by atoms with Gasteiger partial charge in [0.15, 0.2) is 0 Å². The topological polar surface area (TPSA) is 44.1 Å². The normalized spacial score (nSPS) is 10.5. The molecule has 0 unspecified atom stereocenters. The van der Waals surface area contributed by atoms with Gasteiger partial charge in [-0.2, -0.15) is 0 Å². The van der Waals surface area contributed by atoms with Gasteiger partial charge in [0, 0.05) is 28.2 Å².